The molecule has 0 aliphatic heterocycles. The van der Waals surface area contributed by atoms with Crippen LogP contribution in [-0.2, 0) is 0 Å². The molecular weight excluding hydrogens is 262 g/mol. The van der Waals surface area contributed by atoms with Crippen molar-refractivity contribution >= 4 is 27.7 Å². The van der Waals surface area contributed by atoms with Gasteiger partial charge in [0.05, 0.1) is 0 Å². The Balaban J connectivity index is 2.50. The van der Waals surface area contributed by atoms with Crippen molar-refractivity contribution in [2.75, 3.05) is 26.4 Å². The molecule has 3 nitrogen and oxygen atoms in total. The van der Waals surface area contributed by atoms with Crippen molar-refractivity contribution in [1.82, 2.24) is 14.9 Å². The minimum Gasteiger partial charge on any atom is -0.309 e. The highest BCUT2D eigenvalue weighted by Gasteiger charge is 2.00. The van der Waals surface area contributed by atoms with Crippen molar-refractivity contribution in [3.05, 3.63) is 16.5 Å². The Labute approximate surface area is 97.4 Å². The number of aryl methyl sites for hydroxylation is 1. The van der Waals surface area contributed by atoms with Gasteiger partial charge in [-0.2, -0.15) is 0 Å². The molecule has 5 heteroatoms. The number of thioether (sulfide) groups is 1. The van der Waals surface area contributed by atoms with E-state index in [1.165, 1.54) is 0 Å². The van der Waals surface area contributed by atoms with E-state index in [4.69, 9.17) is 0 Å². The molecule has 1 aromatic heterocycles. The molecule has 0 bridgehead atoms. The molecule has 0 spiro atoms. The van der Waals surface area contributed by atoms with Gasteiger partial charge in [-0.05, 0) is 36.9 Å². The molecule has 78 valence electrons. The summed E-state index contributed by atoms with van der Waals surface area (Å²) < 4.78 is 0.859. The van der Waals surface area contributed by atoms with Gasteiger partial charge in [-0.1, -0.05) is 0 Å². The van der Waals surface area contributed by atoms with Gasteiger partial charge in [-0.25, -0.2) is 9.97 Å². The highest BCUT2D eigenvalue weighted by atomic mass is 79.9. The van der Waals surface area contributed by atoms with Gasteiger partial charge < -0.3 is 4.90 Å². The smallest absolute Gasteiger partial charge is 0.127 e. The fourth-order valence-corrected chi connectivity index (χ4v) is 2.59. The Morgan fingerprint density at radius 3 is 2.71 bits per heavy atom. The summed E-state index contributed by atoms with van der Waals surface area (Å²) in [7, 11) is 4.14. The van der Waals surface area contributed by atoms with Crippen LogP contribution >= 0.6 is 27.7 Å². The molecule has 1 heterocycles. The molecule has 0 radical (unpaired) electrons. The molecular formula is C9H14BrN3S. The topological polar surface area (TPSA) is 29.0 Å². The summed E-state index contributed by atoms with van der Waals surface area (Å²) in [6.45, 7) is 2.96. The van der Waals surface area contributed by atoms with E-state index in [9.17, 15) is 0 Å². The van der Waals surface area contributed by atoms with E-state index >= 15 is 0 Å². The van der Waals surface area contributed by atoms with Crippen LogP contribution in [0.15, 0.2) is 15.7 Å². The SMILES string of the molecule is Cc1nc(Br)cc(SCCN(C)C)n1. The standard InChI is InChI=1S/C9H14BrN3S/c1-7-11-8(10)6-9(12-7)14-5-4-13(2)3/h6H,4-5H2,1-3H3. The Bertz CT molecular complexity index is 284. The number of hydrogen-bond donors (Lipinski definition) is 0. The van der Waals surface area contributed by atoms with Crippen molar-refractivity contribution in [2.45, 2.75) is 11.9 Å². The molecule has 0 amide bonds. The highest BCUT2D eigenvalue weighted by Crippen LogP contribution is 2.18. The zero-order chi connectivity index (χ0) is 10.6. The van der Waals surface area contributed by atoms with Crippen molar-refractivity contribution in [3.63, 3.8) is 0 Å². The van der Waals surface area contributed by atoms with Gasteiger partial charge in [0, 0.05) is 18.4 Å². The van der Waals surface area contributed by atoms with E-state index in [1.54, 1.807) is 11.8 Å². The summed E-state index contributed by atoms with van der Waals surface area (Å²) >= 11 is 5.11. The second kappa shape index (κ2) is 5.68. The number of nitrogens with zero attached hydrogens (tertiary/aromatic N) is 3. The first-order valence-corrected chi connectivity index (χ1v) is 6.14. The summed E-state index contributed by atoms with van der Waals surface area (Å²) in [5.74, 6) is 1.86. The Morgan fingerprint density at radius 1 is 1.43 bits per heavy atom. The van der Waals surface area contributed by atoms with Crippen LogP contribution in [0.2, 0.25) is 0 Å². The van der Waals surface area contributed by atoms with Crippen LogP contribution in [-0.4, -0.2) is 41.3 Å². The van der Waals surface area contributed by atoms with Crippen LogP contribution in [0.25, 0.3) is 0 Å². The third kappa shape index (κ3) is 4.39. The fraction of sp³-hybridized carbons (Fsp3) is 0.556. The van der Waals surface area contributed by atoms with Crippen molar-refractivity contribution in [1.29, 1.82) is 0 Å². The lowest BCUT2D eigenvalue weighted by atomic mass is 10.6. The molecule has 1 aromatic rings. The summed E-state index contributed by atoms with van der Waals surface area (Å²) in [5.41, 5.74) is 0. The fourth-order valence-electron chi connectivity index (χ4n) is 0.912. The average Bonchev–Trinajstić information content (AvgIpc) is 2.01. The van der Waals surface area contributed by atoms with E-state index in [0.717, 1.165) is 27.8 Å². The van der Waals surface area contributed by atoms with Crippen LogP contribution in [0.5, 0.6) is 0 Å². The first kappa shape index (κ1) is 11.9. The van der Waals surface area contributed by atoms with E-state index in [0.29, 0.717) is 0 Å². The summed E-state index contributed by atoms with van der Waals surface area (Å²) in [4.78, 5) is 10.7. The molecule has 0 unspecified atom stereocenters. The lowest BCUT2D eigenvalue weighted by Gasteiger charge is -2.08. The predicted octanol–water partition coefficient (Wildman–Crippen LogP) is 2.20. The number of rotatable bonds is 4. The van der Waals surface area contributed by atoms with Gasteiger partial charge >= 0.3 is 0 Å². The van der Waals surface area contributed by atoms with E-state index in [-0.39, 0.29) is 0 Å². The lowest BCUT2D eigenvalue weighted by Crippen LogP contribution is -2.14. The molecule has 0 fully saturated rings. The van der Waals surface area contributed by atoms with Gasteiger partial charge in [0.1, 0.15) is 15.5 Å². The number of aromatic nitrogens is 2. The van der Waals surface area contributed by atoms with Gasteiger partial charge in [-0.15, -0.1) is 11.8 Å². The summed E-state index contributed by atoms with van der Waals surface area (Å²) in [6.07, 6.45) is 0. The minimum atomic E-state index is 0.812. The van der Waals surface area contributed by atoms with Gasteiger partial charge in [0.2, 0.25) is 0 Å². The maximum absolute atomic E-state index is 4.33. The third-order valence-corrected chi connectivity index (χ3v) is 2.87. The van der Waals surface area contributed by atoms with Gasteiger partial charge in [0.15, 0.2) is 0 Å². The maximum atomic E-state index is 4.33. The highest BCUT2D eigenvalue weighted by molar-refractivity contribution is 9.10. The minimum absolute atomic E-state index is 0.812. The monoisotopic (exact) mass is 275 g/mol. The molecule has 0 saturated carbocycles. The summed E-state index contributed by atoms with van der Waals surface area (Å²) in [6, 6.07) is 1.95. The van der Waals surface area contributed by atoms with E-state index in [1.807, 2.05) is 13.0 Å². The normalized spacial score (nSPS) is 10.9. The zero-order valence-corrected chi connectivity index (χ0v) is 11.0. The molecule has 0 aliphatic carbocycles. The van der Waals surface area contributed by atoms with Crippen LogP contribution in [0.1, 0.15) is 5.82 Å². The number of hydrogen-bond acceptors (Lipinski definition) is 4. The molecule has 0 N–H and O–H groups in total. The molecule has 0 saturated heterocycles. The van der Waals surface area contributed by atoms with Gasteiger partial charge in [-0.3, -0.25) is 0 Å². The molecule has 14 heavy (non-hydrogen) atoms. The molecule has 1 rings (SSSR count). The number of halogens is 1. The molecule has 0 atom stereocenters. The van der Waals surface area contributed by atoms with E-state index in [2.05, 4.69) is 44.9 Å². The van der Waals surface area contributed by atoms with Crippen LogP contribution in [0.4, 0.5) is 0 Å². The summed E-state index contributed by atoms with van der Waals surface area (Å²) in [5, 5.41) is 1.03. The van der Waals surface area contributed by atoms with E-state index < -0.39 is 0 Å². The predicted molar refractivity (Wildman–Crippen MR) is 63.7 cm³/mol. The second-order valence-corrected chi connectivity index (χ2v) is 5.16. The Morgan fingerprint density at radius 2 is 2.14 bits per heavy atom. The molecule has 0 aromatic carbocycles. The first-order valence-electron chi connectivity index (χ1n) is 4.36. The van der Waals surface area contributed by atoms with Crippen molar-refractivity contribution in [2.24, 2.45) is 0 Å². The van der Waals surface area contributed by atoms with Crippen LogP contribution < -0.4 is 0 Å². The Kier molecular flexibility index (Phi) is 4.84. The van der Waals surface area contributed by atoms with Crippen LogP contribution in [0, 0.1) is 6.92 Å². The molecule has 0 aliphatic rings. The first-order chi connectivity index (χ1) is 6.58. The quantitative estimate of drug-likeness (QED) is 0.623. The largest absolute Gasteiger partial charge is 0.309 e. The maximum Gasteiger partial charge on any atom is 0.127 e. The third-order valence-electron chi connectivity index (χ3n) is 1.57. The van der Waals surface area contributed by atoms with Crippen molar-refractivity contribution in [3.8, 4) is 0 Å². The lowest BCUT2D eigenvalue weighted by molar-refractivity contribution is 0.437. The van der Waals surface area contributed by atoms with Crippen LogP contribution in [0.3, 0.4) is 0 Å². The second-order valence-electron chi connectivity index (χ2n) is 3.23. The van der Waals surface area contributed by atoms with Gasteiger partial charge in [0.25, 0.3) is 0 Å². The van der Waals surface area contributed by atoms with Crippen molar-refractivity contribution < 1.29 is 0 Å². The average molecular weight is 276 g/mol. The Hall–Kier alpha value is -0.130. The zero-order valence-electron chi connectivity index (χ0n) is 8.62.